The summed E-state index contributed by atoms with van der Waals surface area (Å²) in [6, 6.07) is 1.79. The predicted molar refractivity (Wildman–Crippen MR) is 73.1 cm³/mol. The number of carboxylic acids is 1. The van der Waals surface area contributed by atoms with Crippen LogP contribution in [0, 0.1) is 0 Å². The van der Waals surface area contributed by atoms with Crippen LogP contribution in [0.15, 0.2) is 12.1 Å². The van der Waals surface area contributed by atoms with E-state index in [2.05, 4.69) is 0 Å². The van der Waals surface area contributed by atoms with Gasteiger partial charge in [-0.2, -0.15) is 0 Å². The molecule has 0 radical (unpaired) electrons. The fourth-order valence-corrected chi connectivity index (χ4v) is 2.18. The van der Waals surface area contributed by atoms with E-state index in [9.17, 15) is 19.5 Å². The number of aliphatic carboxylic acids is 1. The van der Waals surface area contributed by atoms with E-state index >= 15 is 0 Å². The molecule has 1 heterocycles. The van der Waals surface area contributed by atoms with Gasteiger partial charge in [0.05, 0.1) is 12.8 Å². The third kappa shape index (κ3) is 2.42. The quantitative estimate of drug-likeness (QED) is 0.835. The summed E-state index contributed by atoms with van der Waals surface area (Å²) in [5.74, 6) is -1.11. The van der Waals surface area contributed by atoms with E-state index in [4.69, 9.17) is 9.47 Å². The van der Waals surface area contributed by atoms with Crippen LogP contribution < -0.4 is 14.4 Å². The van der Waals surface area contributed by atoms with E-state index in [1.165, 1.54) is 33.1 Å². The fourth-order valence-electron chi connectivity index (χ4n) is 2.18. The fraction of sp³-hybridized carbons (Fsp3) is 0.357. The molecular weight excluding hydrogens is 278 g/mol. The number of amides is 1. The van der Waals surface area contributed by atoms with Gasteiger partial charge in [-0.15, -0.1) is 0 Å². The van der Waals surface area contributed by atoms with Crippen LogP contribution in [0.25, 0.3) is 0 Å². The first-order chi connectivity index (χ1) is 9.90. The number of nitrogens with zero attached hydrogens (tertiary/aromatic N) is 1. The highest BCUT2D eigenvalue weighted by atomic mass is 16.5. The number of anilines is 1. The Kier molecular flexibility index (Phi) is 3.84. The first-order valence-electron chi connectivity index (χ1n) is 6.30. The second kappa shape index (κ2) is 5.43. The zero-order chi connectivity index (χ0) is 15.7. The lowest BCUT2D eigenvalue weighted by Crippen LogP contribution is -2.51. The van der Waals surface area contributed by atoms with Gasteiger partial charge in [-0.25, -0.2) is 4.79 Å². The van der Waals surface area contributed by atoms with Crippen LogP contribution in [0.3, 0.4) is 0 Å². The predicted octanol–water partition coefficient (Wildman–Crippen LogP) is 1.09. The molecule has 0 saturated carbocycles. The molecule has 2 rings (SSSR count). The molecular formula is C14H15NO6. The van der Waals surface area contributed by atoms with Gasteiger partial charge in [-0.3, -0.25) is 14.5 Å². The van der Waals surface area contributed by atoms with Crippen molar-refractivity contribution in [2.24, 2.45) is 0 Å². The van der Waals surface area contributed by atoms with E-state index in [1.807, 2.05) is 0 Å². The molecule has 1 aromatic rings. The minimum atomic E-state index is -1.15. The van der Waals surface area contributed by atoms with Gasteiger partial charge >= 0.3 is 5.97 Å². The van der Waals surface area contributed by atoms with Gasteiger partial charge in [0.1, 0.15) is 12.3 Å². The molecule has 7 heteroatoms. The first-order valence-corrected chi connectivity index (χ1v) is 6.30. The molecule has 1 amide bonds. The van der Waals surface area contributed by atoms with Crippen molar-refractivity contribution < 1.29 is 29.0 Å². The van der Waals surface area contributed by atoms with Gasteiger partial charge in [-0.05, 0) is 26.0 Å². The summed E-state index contributed by atoms with van der Waals surface area (Å²) in [7, 11) is 1.40. The SMILES string of the molecule is COc1cc(C=O)cc2c1OC(C)C(=O)N2C(C)C(=O)O. The molecule has 2 unspecified atom stereocenters. The largest absolute Gasteiger partial charge is 0.493 e. The summed E-state index contributed by atoms with van der Waals surface area (Å²) in [6.45, 7) is 2.92. The van der Waals surface area contributed by atoms with E-state index in [-0.39, 0.29) is 22.7 Å². The van der Waals surface area contributed by atoms with E-state index in [1.54, 1.807) is 0 Å². The summed E-state index contributed by atoms with van der Waals surface area (Å²) >= 11 is 0. The van der Waals surface area contributed by atoms with E-state index in [0.717, 1.165) is 4.90 Å². The Morgan fingerprint density at radius 3 is 2.71 bits per heavy atom. The number of benzene rings is 1. The molecule has 0 saturated heterocycles. The number of ether oxygens (including phenoxy) is 2. The maximum atomic E-state index is 12.2. The number of rotatable bonds is 4. The van der Waals surface area contributed by atoms with Crippen LogP contribution in [0.5, 0.6) is 11.5 Å². The Balaban J connectivity index is 2.67. The standard InChI is InChI=1S/C14H15NO6/c1-7(14(18)19)15-10-4-9(6-16)5-11(20-3)12(10)21-8(2)13(15)17/h4-8H,1-3H3,(H,18,19). The van der Waals surface area contributed by atoms with Crippen molar-refractivity contribution in [3.8, 4) is 11.5 Å². The zero-order valence-corrected chi connectivity index (χ0v) is 11.8. The molecule has 0 aromatic heterocycles. The summed E-state index contributed by atoms with van der Waals surface area (Å²) < 4.78 is 10.7. The minimum Gasteiger partial charge on any atom is -0.493 e. The summed E-state index contributed by atoms with van der Waals surface area (Å²) in [6.07, 6.45) is -0.246. The Hall–Kier alpha value is -2.57. The van der Waals surface area contributed by atoms with Crippen molar-refractivity contribution in [2.75, 3.05) is 12.0 Å². The number of carbonyl (C=O) groups excluding carboxylic acids is 2. The third-order valence-electron chi connectivity index (χ3n) is 3.30. The number of methoxy groups -OCH3 is 1. The van der Waals surface area contributed by atoms with Crippen molar-refractivity contribution in [3.63, 3.8) is 0 Å². The number of carboxylic acid groups (broad SMARTS) is 1. The first kappa shape index (κ1) is 14.8. The molecule has 0 aliphatic carbocycles. The van der Waals surface area contributed by atoms with Crippen molar-refractivity contribution in [1.29, 1.82) is 0 Å². The number of hydrogen-bond acceptors (Lipinski definition) is 5. The van der Waals surface area contributed by atoms with Crippen molar-refractivity contribution >= 4 is 23.9 Å². The minimum absolute atomic E-state index is 0.217. The average Bonchev–Trinajstić information content (AvgIpc) is 2.47. The molecule has 2 atom stereocenters. The highest BCUT2D eigenvalue weighted by molar-refractivity contribution is 6.05. The number of fused-ring (bicyclic) bond motifs is 1. The molecule has 7 nitrogen and oxygen atoms in total. The Labute approximate surface area is 121 Å². The van der Waals surface area contributed by atoms with E-state index in [0.29, 0.717) is 6.29 Å². The topological polar surface area (TPSA) is 93.1 Å². The van der Waals surface area contributed by atoms with Gasteiger partial charge in [0.25, 0.3) is 5.91 Å². The van der Waals surface area contributed by atoms with Gasteiger partial charge in [0.15, 0.2) is 17.6 Å². The van der Waals surface area contributed by atoms with Crippen LogP contribution in [-0.2, 0) is 9.59 Å². The Bertz CT molecular complexity index is 612. The Morgan fingerprint density at radius 1 is 1.52 bits per heavy atom. The van der Waals surface area contributed by atoms with Crippen LogP contribution in [0.4, 0.5) is 5.69 Å². The Morgan fingerprint density at radius 2 is 2.19 bits per heavy atom. The van der Waals surface area contributed by atoms with Crippen LogP contribution >= 0.6 is 0 Å². The van der Waals surface area contributed by atoms with Gasteiger partial charge in [0.2, 0.25) is 0 Å². The van der Waals surface area contributed by atoms with E-state index < -0.39 is 24.0 Å². The zero-order valence-electron chi connectivity index (χ0n) is 11.8. The highest BCUT2D eigenvalue weighted by Crippen LogP contribution is 2.43. The molecule has 21 heavy (non-hydrogen) atoms. The molecule has 1 N–H and O–H groups in total. The van der Waals surface area contributed by atoms with Crippen LogP contribution in [0.1, 0.15) is 24.2 Å². The molecule has 112 valence electrons. The maximum Gasteiger partial charge on any atom is 0.326 e. The van der Waals surface area contributed by atoms with Gasteiger partial charge in [-0.1, -0.05) is 0 Å². The van der Waals surface area contributed by atoms with Crippen LogP contribution in [0.2, 0.25) is 0 Å². The second-order valence-electron chi connectivity index (χ2n) is 4.67. The molecule has 1 aliphatic heterocycles. The lowest BCUT2D eigenvalue weighted by atomic mass is 10.1. The molecule has 0 fully saturated rings. The second-order valence-corrected chi connectivity index (χ2v) is 4.67. The molecule has 0 spiro atoms. The van der Waals surface area contributed by atoms with Crippen molar-refractivity contribution in [3.05, 3.63) is 17.7 Å². The monoisotopic (exact) mass is 293 g/mol. The maximum absolute atomic E-state index is 12.2. The van der Waals surface area contributed by atoms with Gasteiger partial charge < -0.3 is 14.6 Å². The average molecular weight is 293 g/mol. The smallest absolute Gasteiger partial charge is 0.326 e. The summed E-state index contributed by atoms with van der Waals surface area (Å²) in [5.41, 5.74) is 0.480. The van der Waals surface area contributed by atoms with Crippen molar-refractivity contribution in [1.82, 2.24) is 0 Å². The lowest BCUT2D eigenvalue weighted by molar-refractivity contribution is -0.140. The summed E-state index contributed by atoms with van der Waals surface area (Å²) in [5, 5.41) is 9.18. The van der Waals surface area contributed by atoms with Crippen molar-refractivity contribution in [2.45, 2.75) is 26.0 Å². The summed E-state index contributed by atoms with van der Waals surface area (Å²) in [4.78, 5) is 35.6. The lowest BCUT2D eigenvalue weighted by Gasteiger charge is -2.36. The highest BCUT2D eigenvalue weighted by Gasteiger charge is 2.38. The molecule has 0 bridgehead atoms. The molecule has 1 aromatic carbocycles. The van der Waals surface area contributed by atoms with Gasteiger partial charge in [0, 0.05) is 5.56 Å². The number of hydrogen-bond donors (Lipinski definition) is 1. The number of aldehydes is 1. The normalized spacial score (nSPS) is 18.5. The number of carbonyl (C=O) groups is 3. The third-order valence-corrected chi connectivity index (χ3v) is 3.30. The van der Waals surface area contributed by atoms with Crippen LogP contribution in [-0.4, -0.2) is 42.5 Å². The molecule has 1 aliphatic rings.